The van der Waals surface area contributed by atoms with Gasteiger partial charge in [-0.15, -0.1) is 0 Å². The van der Waals surface area contributed by atoms with Crippen molar-refractivity contribution in [3.8, 4) is 6.07 Å². The maximum atomic E-state index is 14.4. The molecular weight excluding hydrogens is 388 g/mol. The van der Waals surface area contributed by atoms with Crippen molar-refractivity contribution in [2.75, 3.05) is 6.61 Å². The molecule has 0 aliphatic carbocycles. The molecule has 144 valence electrons. The van der Waals surface area contributed by atoms with Crippen LogP contribution in [0.3, 0.4) is 0 Å². The molecule has 0 N–H and O–H groups in total. The van der Waals surface area contributed by atoms with Crippen LogP contribution in [0.25, 0.3) is 10.9 Å². The van der Waals surface area contributed by atoms with Gasteiger partial charge in [-0.2, -0.15) is 19.1 Å². The van der Waals surface area contributed by atoms with E-state index in [0.717, 1.165) is 0 Å². The number of rotatable bonds is 5. The molecule has 0 amide bonds. The summed E-state index contributed by atoms with van der Waals surface area (Å²) in [4.78, 5) is 11.7. The lowest BCUT2D eigenvalue weighted by Crippen LogP contribution is -2.28. The highest BCUT2D eigenvalue weighted by Crippen LogP contribution is 2.33. The lowest BCUT2D eigenvalue weighted by atomic mass is 10.1. The second kappa shape index (κ2) is 7.56. The lowest BCUT2D eigenvalue weighted by molar-refractivity contribution is -0.173. The highest BCUT2D eigenvalue weighted by atomic mass is 35.5. The van der Waals surface area contributed by atoms with Crippen molar-refractivity contribution in [1.82, 2.24) is 9.78 Å². The third-order valence-electron chi connectivity index (χ3n) is 4.38. The van der Waals surface area contributed by atoms with Gasteiger partial charge in [-0.1, -0.05) is 29.8 Å². The van der Waals surface area contributed by atoms with E-state index < -0.39 is 17.5 Å². The van der Waals surface area contributed by atoms with Gasteiger partial charge in [0.1, 0.15) is 0 Å². The molecule has 0 bridgehead atoms. The van der Waals surface area contributed by atoms with Crippen LogP contribution in [-0.2, 0) is 22.0 Å². The number of ether oxygens (including phenoxy) is 1. The standard InChI is InChI=1S/C20H16ClF2N3O2/c1-3-28-19(27)20(22,23)14-7-8-15-12(2)25-26(18(15)9-14)11-16-13(10-24)5-4-6-17(16)21/h4-9H,3,11H2,1-2H3. The van der Waals surface area contributed by atoms with Crippen molar-refractivity contribution in [3.63, 3.8) is 0 Å². The van der Waals surface area contributed by atoms with Crippen LogP contribution in [0, 0.1) is 18.3 Å². The number of nitrogens with zero attached hydrogens (tertiary/aromatic N) is 3. The van der Waals surface area contributed by atoms with Crippen molar-refractivity contribution in [2.45, 2.75) is 26.3 Å². The largest absolute Gasteiger partial charge is 0.461 e. The molecule has 0 aliphatic rings. The van der Waals surface area contributed by atoms with E-state index in [1.807, 2.05) is 0 Å². The molecule has 0 spiro atoms. The maximum absolute atomic E-state index is 14.4. The van der Waals surface area contributed by atoms with Crippen LogP contribution in [0.4, 0.5) is 8.78 Å². The van der Waals surface area contributed by atoms with Crippen molar-refractivity contribution in [2.24, 2.45) is 0 Å². The number of nitriles is 1. The first-order chi connectivity index (χ1) is 13.3. The zero-order valence-electron chi connectivity index (χ0n) is 15.2. The van der Waals surface area contributed by atoms with Gasteiger partial charge in [0.2, 0.25) is 0 Å². The molecule has 5 nitrogen and oxygen atoms in total. The molecule has 3 rings (SSSR count). The number of fused-ring (bicyclic) bond motifs is 1. The van der Waals surface area contributed by atoms with Gasteiger partial charge < -0.3 is 4.74 Å². The van der Waals surface area contributed by atoms with Crippen LogP contribution < -0.4 is 0 Å². The van der Waals surface area contributed by atoms with E-state index in [4.69, 9.17) is 11.6 Å². The van der Waals surface area contributed by atoms with Gasteiger partial charge in [-0.3, -0.25) is 4.68 Å². The molecule has 0 fully saturated rings. The fourth-order valence-electron chi connectivity index (χ4n) is 2.97. The molecule has 2 aromatic carbocycles. The zero-order chi connectivity index (χ0) is 20.5. The van der Waals surface area contributed by atoms with Crippen LogP contribution in [0.2, 0.25) is 5.02 Å². The number of alkyl halides is 2. The smallest absolute Gasteiger partial charge is 0.381 e. The van der Waals surface area contributed by atoms with Crippen molar-refractivity contribution >= 4 is 28.5 Å². The van der Waals surface area contributed by atoms with Crippen molar-refractivity contribution in [1.29, 1.82) is 5.26 Å². The number of aryl methyl sites for hydroxylation is 1. The fraction of sp³-hybridized carbons (Fsp3) is 0.250. The number of carbonyl (C=O) groups excluding carboxylic acids is 1. The summed E-state index contributed by atoms with van der Waals surface area (Å²) in [6.45, 7) is 3.20. The topological polar surface area (TPSA) is 67.9 Å². The Morgan fingerprint density at radius 2 is 2.11 bits per heavy atom. The molecule has 8 heteroatoms. The monoisotopic (exact) mass is 403 g/mol. The van der Waals surface area contributed by atoms with Crippen LogP contribution in [0.5, 0.6) is 0 Å². The van der Waals surface area contributed by atoms with Crippen molar-refractivity contribution in [3.05, 3.63) is 63.8 Å². The molecule has 0 atom stereocenters. The minimum atomic E-state index is -3.78. The Morgan fingerprint density at radius 3 is 2.79 bits per heavy atom. The molecular formula is C20H16ClF2N3O2. The molecule has 1 aromatic heterocycles. The normalized spacial score (nSPS) is 11.4. The first-order valence-corrected chi connectivity index (χ1v) is 8.87. The third-order valence-corrected chi connectivity index (χ3v) is 4.73. The average Bonchev–Trinajstić information content (AvgIpc) is 2.98. The van der Waals surface area contributed by atoms with E-state index >= 15 is 0 Å². The van der Waals surface area contributed by atoms with Gasteiger partial charge in [-0.25, -0.2) is 4.79 Å². The fourth-order valence-corrected chi connectivity index (χ4v) is 3.20. The van der Waals surface area contributed by atoms with Gasteiger partial charge in [-0.05, 0) is 32.0 Å². The number of benzene rings is 2. The Balaban J connectivity index is 2.11. The molecule has 0 radical (unpaired) electrons. The number of hydrogen-bond acceptors (Lipinski definition) is 4. The Labute approximate surface area is 165 Å². The Kier molecular flexibility index (Phi) is 5.34. The molecule has 3 aromatic rings. The summed E-state index contributed by atoms with van der Waals surface area (Å²) in [5.41, 5.74) is 1.47. The first-order valence-electron chi connectivity index (χ1n) is 8.49. The van der Waals surface area contributed by atoms with E-state index in [1.165, 1.54) is 29.8 Å². The lowest BCUT2D eigenvalue weighted by Gasteiger charge is -2.15. The molecule has 28 heavy (non-hydrogen) atoms. The zero-order valence-corrected chi connectivity index (χ0v) is 15.9. The van der Waals surface area contributed by atoms with Crippen LogP contribution >= 0.6 is 11.6 Å². The van der Waals surface area contributed by atoms with E-state index in [9.17, 15) is 18.8 Å². The number of esters is 1. The second-order valence-electron chi connectivity index (χ2n) is 6.15. The molecule has 1 heterocycles. The highest BCUT2D eigenvalue weighted by Gasteiger charge is 2.43. The Hall–Kier alpha value is -2.98. The van der Waals surface area contributed by atoms with E-state index in [1.54, 1.807) is 25.1 Å². The summed E-state index contributed by atoms with van der Waals surface area (Å²) in [7, 11) is 0. The summed E-state index contributed by atoms with van der Waals surface area (Å²) < 4.78 is 34.9. The number of hydrogen-bond donors (Lipinski definition) is 0. The van der Waals surface area contributed by atoms with Gasteiger partial charge in [0, 0.05) is 21.5 Å². The molecule has 0 saturated heterocycles. The van der Waals surface area contributed by atoms with E-state index in [2.05, 4.69) is 15.9 Å². The summed E-state index contributed by atoms with van der Waals surface area (Å²) >= 11 is 6.22. The SMILES string of the molecule is CCOC(=O)C(F)(F)c1ccc2c(C)nn(Cc3c(Cl)cccc3C#N)c2c1. The van der Waals surface area contributed by atoms with E-state index in [0.29, 0.717) is 32.7 Å². The number of aromatic nitrogens is 2. The minimum Gasteiger partial charge on any atom is -0.461 e. The minimum absolute atomic E-state index is 0.126. The van der Waals surface area contributed by atoms with Crippen LogP contribution in [-0.4, -0.2) is 22.4 Å². The van der Waals surface area contributed by atoms with E-state index in [-0.39, 0.29) is 13.2 Å². The van der Waals surface area contributed by atoms with Gasteiger partial charge in [0.25, 0.3) is 0 Å². The summed E-state index contributed by atoms with van der Waals surface area (Å²) in [6.07, 6.45) is 0. The molecule has 0 unspecified atom stereocenters. The van der Waals surface area contributed by atoms with Gasteiger partial charge in [0.15, 0.2) is 0 Å². The molecule has 0 aliphatic heterocycles. The summed E-state index contributed by atoms with van der Waals surface area (Å²) in [6, 6.07) is 10.9. The number of halogens is 3. The summed E-state index contributed by atoms with van der Waals surface area (Å²) in [5, 5.41) is 14.8. The van der Waals surface area contributed by atoms with Crippen LogP contribution in [0.1, 0.15) is 29.3 Å². The Morgan fingerprint density at radius 1 is 1.36 bits per heavy atom. The van der Waals surface area contributed by atoms with Gasteiger partial charge in [0.05, 0.1) is 36.0 Å². The van der Waals surface area contributed by atoms with Gasteiger partial charge >= 0.3 is 11.9 Å². The summed E-state index contributed by atoms with van der Waals surface area (Å²) in [5.74, 6) is -5.38. The first kappa shape index (κ1) is 19.8. The third kappa shape index (κ3) is 3.43. The quantitative estimate of drug-likeness (QED) is 0.585. The number of carbonyl (C=O) groups is 1. The van der Waals surface area contributed by atoms with Crippen LogP contribution in [0.15, 0.2) is 36.4 Å². The predicted octanol–water partition coefficient (Wildman–Crippen LogP) is 4.57. The maximum Gasteiger partial charge on any atom is 0.381 e. The average molecular weight is 404 g/mol. The Bertz CT molecular complexity index is 1100. The molecule has 0 saturated carbocycles. The highest BCUT2D eigenvalue weighted by molar-refractivity contribution is 6.31. The van der Waals surface area contributed by atoms with Crippen molar-refractivity contribution < 1.29 is 18.3 Å². The predicted molar refractivity (Wildman–Crippen MR) is 100 cm³/mol. The second-order valence-corrected chi connectivity index (χ2v) is 6.55.